The Morgan fingerprint density at radius 2 is 1.79 bits per heavy atom. The molecule has 0 bridgehead atoms. The van der Waals surface area contributed by atoms with E-state index >= 15 is 0 Å². The lowest BCUT2D eigenvalue weighted by atomic mass is 10.00. The Bertz CT molecular complexity index is 361. The van der Waals surface area contributed by atoms with E-state index in [-0.39, 0.29) is 0 Å². The van der Waals surface area contributed by atoms with Crippen molar-refractivity contribution in [2.45, 2.75) is 52.9 Å². The molecular formula is C14H27N5. The van der Waals surface area contributed by atoms with Gasteiger partial charge >= 0.3 is 0 Å². The summed E-state index contributed by atoms with van der Waals surface area (Å²) in [5.74, 6) is 1.24. The monoisotopic (exact) mass is 265 g/mol. The van der Waals surface area contributed by atoms with Crippen LogP contribution < -0.4 is 11.1 Å². The maximum atomic E-state index is 5.64. The zero-order valence-electron chi connectivity index (χ0n) is 12.4. The normalized spacial score (nSPS) is 12.4. The number of nitrogens with zero attached hydrogens (tertiary/aromatic N) is 3. The van der Waals surface area contributed by atoms with Gasteiger partial charge in [-0.1, -0.05) is 27.2 Å². The SMILES string of the molecule is CCCC(CCN)CNc1nnc(CC)c(CC)n1. The van der Waals surface area contributed by atoms with E-state index in [1.807, 2.05) is 0 Å². The molecule has 1 aromatic rings. The topological polar surface area (TPSA) is 76.7 Å². The second-order valence-electron chi connectivity index (χ2n) is 4.85. The van der Waals surface area contributed by atoms with E-state index in [0.29, 0.717) is 11.9 Å². The van der Waals surface area contributed by atoms with E-state index in [9.17, 15) is 0 Å². The van der Waals surface area contributed by atoms with Crippen molar-refractivity contribution in [2.75, 3.05) is 18.4 Å². The second kappa shape index (κ2) is 8.80. The van der Waals surface area contributed by atoms with Crippen molar-refractivity contribution < 1.29 is 0 Å². The zero-order valence-corrected chi connectivity index (χ0v) is 12.4. The van der Waals surface area contributed by atoms with Crippen LogP contribution in [0.5, 0.6) is 0 Å². The first kappa shape index (κ1) is 15.8. The summed E-state index contributed by atoms with van der Waals surface area (Å²) < 4.78 is 0. The minimum absolute atomic E-state index is 0.592. The third kappa shape index (κ3) is 5.11. The van der Waals surface area contributed by atoms with Gasteiger partial charge in [-0.2, -0.15) is 5.10 Å². The molecule has 5 nitrogen and oxygen atoms in total. The van der Waals surface area contributed by atoms with Crippen LogP contribution in [-0.4, -0.2) is 28.3 Å². The molecule has 0 amide bonds. The average molecular weight is 265 g/mol. The van der Waals surface area contributed by atoms with E-state index in [1.165, 1.54) is 12.8 Å². The lowest BCUT2D eigenvalue weighted by molar-refractivity contribution is 0.472. The standard InChI is InChI=1S/C14H27N5/c1-4-7-11(8-9-15)10-16-14-17-12(5-2)13(6-3)18-19-14/h11H,4-10,15H2,1-3H3,(H,16,17,19). The summed E-state index contributed by atoms with van der Waals surface area (Å²) in [6, 6.07) is 0. The maximum absolute atomic E-state index is 5.64. The van der Waals surface area contributed by atoms with Gasteiger partial charge in [-0.25, -0.2) is 4.98 Å². The Labute approximate surface area is 116 Å². The fraction of sp³-hybridized carbons (Fsp3) is 0.786. The smallest absolute Gasteiger partial charge is 0.242 e. The molecule has 1 aromatic heterocycles. The van der Waals surface area contributed by atoms with E-state index in [4.69, 9.17) is 5.73 Å². The van der Waals surface area contributed by atoms with Crippen LogP contribution in [0.15, 0.2) is 0 Å². The molecule has 1 rings (SSSR count). The Morgan fingerprint density at radius 3 is 2.37 bits per heavy atom. The van der Waals surface area contributed by atoms with Crippen molar-refractivity contribution in [1.29, 1.82) is 0 Å². The largest absolute Gasteiger partial charge is 0.353 e. The molecule has 0 aliphatic heterocycles. The van der Waals surface area contributed by atoms with Crippen molar-refractivity contribution in [2.24, 2.45) is 11.7 Å². The lowest BCUT2D eigenvalue weighted by Gasteiger charge is -2.16. The van der Waals surface area contributed by atoms with Gasteiger partial charge in [0.2, 0.25) is 5.95 Å². The van der Waals surface area contributed by atoms with Gasteiger partial charge in [-0.05, 0) is 38.1 Å². The van der Waals surface area contributed by atoms with E-state index in [0.717, 1.165) is 43.7 Å². The number of rotatable bonds is 9. The molecule has 0 aromatic carbocycles. The van der Waals surface area contributed by atoms with Gasteiger partial charge in [0, 0.05) is 6.54 Å². The van der Waals surface area contributed by atoms with Crippen molar-refractivity contribution in [3.05, 3.63) is 11.4 Å². The molecule has 0 spiro atoms. The minimum Gasteiger partial charge on any atom is -0.353 e. The molecule has 0 fully saturated rings. The van der Waals surface area contributed by atoms with E-state index in [1.54, 1.807) is 0 Å². The molecule has 1 heterocycles. The van der Waals surface area contributed by atoms with Gasteiger partial charge in [0.15, 0.2) is 0 Å². The Hall–Kier alpha value is -1.23. The molecule has 1 atom stereocenters. The molecule has 19 heavy (non-hydrogen) atoms. The molecule has 0 saturated carbocycles. The quantitative estimate of drug-likeness (QED) is 0.715. The van der Waals surface area contributed by atoms with Crippen LogP contribution >= 0.6 is 0 Å². The Morgan fingerprint density at radius 1 is 1.05 bits per heavy atom. The number of nitrogens with two attached hydrogens (primary N) is 1. The van der Waals surface area contributed by atoms with Gasteiger partial charge in [-0.15, -0.1) is 5.10 Å². The maximum Gasteiger partial charge on any atom is 0.242 e. The molecule has 0 saturated heterocycles. The lowest BCUT2D eigenvalue weighted by Crippen LogP contribution is -2.20. The van der Waals surface area contributed by atoms with Gasteiger partial charge < -0.3 is 11.1 Å². The van der Waals surface area contributed by atoms with Crippen LogP contribution in [-0.2, 0) is 12.8 Å². The number of anilines is 1. The summed E-state index contributed by atoms with van der Waals surface area (Å²) in [5.41, 5.74) is 7.69. The number of hydrogen-bond acceptors (Lipinski definition) is 5. The highest BCUT2D eigenvalue weighted by molar-refractivity contribution is 5.25. The summed E-state index contributed by atoms with van der Waals surface area (Å²) in [4.78, 5) is 4.54. The highest BCUT2D eigenvalue weighted by Crippen LogP contribution is 2.12. The van der Waals surface area contributed by atoms with Crippen molar-refractivity contribution >= 4 is 5.95 Å². The van der Waals surface area contributed by atoms with Gasteiger partial charge in [0.05, 0.1) is 11.4 Å². The van der Waals surface area contributed by atoms with E-state index in [2.05, 4.69) is 41.3 Å². The van der Waals surface area contributed by atoms with Crippen LogP contribution in [0.4, 0.5) is 5.95 Å². The highest BCUT2D eigenvalue weighted by atomic mass is 15.2. The number of hydrogen-bond donors (Lipinski definition) is 2. The van der Waals surface area contributed by atoms with Gasteiger partial charge in [-0.3, -0.25) is 0 Å². The first-order valence-corrected chi connectivity index (χ1v) is 7.41. The molecule has 0 aliphatic carbocycles. The molecule has 1 unspecified atom stereocenters. The third-order valence-corrected chi connectivity index (χ3v) is 3.33. The summed E-state index contributed by atoms with van der Waals surface area (Å²) in [5, 5.41) is 11.7. The molecule has 5 heteroatoms. The summed E-state index contributed by atoms with van der Waals surface area (Å²) in [7, 11) is 0. The van der Waals surface area contributed by atoms with E-state index < -0.39 is 0 Å². The zero-order chi connectivity index (χ0) is 14.1. The number of nitrogens with one attached hydrogen (secondary N) is 1. The van der Waals surface area contributed by atoms with Crippen LogP contribution in [0.3, 0.4) is 0 Å². The van der Waals surface area contributed by atoms with Crippen LogP contribution in [0.1, 0.15) is 51.4 Å². The highest BCUT2D eigenvalue weighted by Gasteiger charge is 2.09. The molecule has 0 aliphatic rings. The van der Waals surface area contributed by atoms with Gasteiger partial charge in [0.1, 0.15) is 0 Å². The minimum atomic E-state index is 0.592. The van der Waals surface area contributed by atoms with Crippen molar-refractivity contribution in [3.63, 3.8) is 0 Å². The molecule has 108 valence electrons. The van der Waals surface area contributed by atoms with Crippen LogP contribution in [0.25, 0.3) is 0 Å². The molecule has 0 radical (unpaired) electrons. The average Bonchev–Trinajstić information content (AvgIpc) is 2.44. The first-order valence-electron chi connectivity index (χ1n) is 7.41. The third-order valence-electron chi connectivity index (χ3n) is 3.33. The fourth-order valence-corrected chi connectivity index (χ4v) is 2.24. The van der Waals surface area contributed by atoms with Crippen LogP contribution in [0.2, 0.25) is 0 Å². The number of aromatic nitrogens is 3. The Balaban J connectivity index is 2.60. The van der Waals surface area contributed by atoms with Crippen molar-refractivity contribution in [3.8, 4) is 0 Å². The predicted molar refractivity (Wildman–Crippen MR) is 79.1 cm³/mol. The predicted octanol–water partition coefficient (Wildman–Crippen LogP) is 2.17. The fourth-order valence-electron chi connectivity index (χ4n) is 2.24. The first-order chi connectivity index (χ1) is 9.24. The van der Waals surface area contributed by atoms with Gasteiger partial charge in [0.25, 0.3) is 0 Å². The summed E-state index contributed by atoms with van der Waals surface area (Å²) >= 11 is 0. The summed E-state index contributed by atoms with van der Waals surface area (Å²) in [6.45, 7) is 7.99. The molecule has 3 N–H and O–H groups in total. The van der Waals surface area contributed by atoms with Crippen molar-refractivity contribution in [1.82, 2.24) is 15.2 Å². The summed E-state index contributed by atoms with van der Waals surface area (Å²) in [6.07, 6.45) is 5.19. The Kier molecular flexibility index (Phi) is 7.33. The number of aryl methyl sites for hydroxylation is 2. The van der Waals surface area contributed by atoms with Crippen LogP contribution in [0, 0.1) is 5.92 Å². The molecular weight excluding hydrogens is 238 g/mol. The second-order valence-corrected chi connectivity index (χ2v) is 4.85.